The van der Waals surface area contributed by atoms with Crippen molar-refractivity contribution < 1.29 is 48.7 Å². The van der Waals surface area contributed by atoms with Gasteiger partial charge in [-0.2, -0.15) is 0 Å². The number of carbonyl (C=O) groups excluding carboxylic acids is 1. The van der Waals surface area contributed by atoms with Crippen LogP contribution in [0.1, 0.15) is 22.3 Å². The van der Waals surface area contributed by atoms with Crippen molar-refractivity contribution in [2.75, 3.05) is 0 Å². The van der Waals surface area contributed by atoms with E-state index < -0.39 is 87.9 Å². The van der Waals surface area contributed by atoms with Crippen LogP contribution in [0.5, 0.6) is 0 Å². The molecule has 0 heterocycles. The maximum atomic E-state index is 13.5. The Morgan fingerprint density at radius 2 is 0.808 bits per heavy atom. The summed E-state index contributed by atoms with van der Waals surface area (Å²) in [5.74, 6) is -25.8. The highest BCUT2D eigenvalue weighted by atomic mass is 19.2. The molecule has 2 aromatic rings. The molecule has 0 saturated heterocycles. The summed E-state index contributed by atoms with van der Waals surface area (Å²) >= 11 is 0. The van der Waals surface area contributed by atoms with Crippen molar-refractivity contribution in [3.8, 4) is 0 Å². The van der Waals surface area contributed by atoms with Crippen molar-refractivity contribution >= 4 is 5.78 Å². The average Bonchev–Trinajstić information content (AvgIpc) is 2.61. The van der Waals surface area contributed by atoms with Crippen LogP contribution in [-0.2, 0) is 6.42 Å². The van der Waals surface area contributed by atoms with E-state index in [1.807, 2.05) is 0 Å². The zero-order valence-corrected chi connectivity index (χ0v) is 12.1. The fourth-order valence-electron chi connectivity index (χ4n) is 2.08. The molecule has 0 aliphatic rings. The lowest BCUT2D eigenvalue weighted by molar-refractivity contribution is 0.0970. The molecule has 2 aromatic carbocycles. The lowest BCUT2D eigenvalue weighted by Crippen LogP contribution is -2.15. The topological polar surface area (TPSA) is 17.1 Å². The fourth-order valence-corrected chi connectivity index (χ4v) is 2.08. The molecule has 140 valence electrons. The molecule has 0 unspecified atom stereocenters. The van der Waals surface area contributed by atoms with E-state index in [1.165, 1.54) is 0 Å². The summed E-state index contributed by atoms with van der Waals surface area (Å²) in [7, 11) is 0. The van der Waals surface area contributed by atoms with Gasteiger partial charge in [-0.05, 0) is 6.42 Å². The predicted molar refractivity (Wildman–Crippen MR) is 65.1 cm³/mol. The monoisotopic (exact) mass is 390 g/mol. The maximum absolute atomic E-state index is 13.5. The number of carbonyl (C=O) groups is 1. The van der Waals surface area contributed by atoms with E-state index in [0.29, 0.717) is 0 Å². The lowest BCUT2D eigenvalue weighted by atomic mass is 10.00. The lowest BCUT2D eigenvalue weighted by Gasteiger charge is -2.09. The molecule has 0 saturated carbocycles. The molecule has 0 atom stereocenters. The van der Waals surface area contributed by atoms with Crippen LogP contribution in [0.3, 0.4) is 0 Å². The summed E-state index contributed by atoms with van der Waals surface area (Å²) < 4.78 is 132. The van der Waals surface area contributed by atoms with Crippen molar-refractivity contribution in [1.29, 1.82) is 0 Å². The molecule has 0 aliphatic heterocycles. The molecule has 0 radical (unpaired) electrons. The minimum absolute atomic E-state index is 1.25. The standard InChI is InChI=1S/C15H4F10O/c16-6-3(7(17)11(21)14(24)10(6)20)1-2-4(26)5-8(18)12(22)15(25)13(23)9(5)19/h1-2H2. The number of ketones is 1. The highest BCUT2D eigenvalue weighted by Crippen LogP contribution is 2.27. The van der Waals surface area contributed by atoms with Gasteiger partial charge in [-0.3, -0.25) is 4.79 Å². The van der Waals surface area contributed by atoms with E-state index in [4.69, 9.17) is 0 Å². The third-order valence-corrected chi connectivity index (χ3v) is 3.39. The van der Waals surface area contributed by atoms with Crippen LogP contribution in [0.25, 0.3) is 0 Å². The second kappa shape index (κ2) is 6.96. The van der Waals surface area contributed by atoms with Crippen LogP contribution in [0.15, 0.2) is 0 Å². The first kappa shape index (κ1) is 19.7. The van der Waals surface area contributed by atoms with E-state index in [9.17, 15) is 48.7 Å². The van der Waals surface area contributed by atoms with E-state index in [2.05, 4.69) is 0 Å². The molecule has 0 spiro atoms. The van der Waals surface area contributed by atoms with Crippen molar-refractivity contribution in [2.24, 2.45) is 0 Å². The molecular weight excluding hydrogens is 386 g/mol. The van der Waals surface area contributed by atoms with Crippen molar-refractivity contribution in [1.82, 2.24) is 0 Å². The molecule has 0 fully saturated rings. The van der Waals surface area contributed by atoms with Gasteiger partial charge in [-0.1, -0.05) is 0 Å². The Labute approximate surface area is 137 Å². The summed E-state index contributed by atoms with van der Waals surface area (Å²) in [6, 6.07) is 0. The van der Waals surface area contributed by atoms with Gasteiger partial charge in [0.15, 0.2) is 52.3 Å². The van der Waals surface area contributed by atoms with Crippen LogP contribution in [0.2, 0.25) is 0 Å². The van der Waals surface area contributed by atoms with Crippen molar-refractivity contribution in [3.05, 3.63) is 69.3 Å². The van der Waals surface area contributed by atoms with E-state index in [-0.39, 0.29) is 0 Å². The Balaban J connectivity index is 2.41. The number of benzene rings is 2. The summed E-state index contributed by atoms with van der Waals surface area (Å²) in [6.45, 7) is 0. The van der Waals surface area contributed by atoms with Crippen LogP contribution in [-0.4, -0.2) is 5.78 Å². The van der Waals surface area contributed by atoms with Gasteiger partial charge in [0.1, 0.15) is 0 Å². The SMILES string of the molecule is O=C(CCc1c(F)c(F)c(F)c(F)c1F)c1c(F)c(F)c(F)c(F)c1F. The second-order valence-electron chi connectivity index (χ2n) is 4.92. The largest absolute Gasteiger partial charge is 0.294 e. The second-order valence-corrected chi connectivity index (χ2v) is 4.92. The molecule has 2 rings (SSSR count). The Morgan fingerprint density at radius 1 is 0.500 bits per heavy atom. The van der Waals surface area contributed by atoms with Gasteiger partial charge in [0.05, 0.1) is 5.56 Å². The Morgan fingerprint density at radius 3 is 1.19 bits per heavy atom. The number of hydrogen-bond donors (Lipinski definition) is 0. The highest BCUT2D eigenvalue weighted by molar-refractivity contribution is 5.96. The first-order chi connectivity index (χ1) is 12.0. The molecule has 0 bridgehead atoms. The Kier molecular flexibility index (Phi) is 5.28. The van der Waals surface area contributed by atoms with Crippen LogP contribution in [0.4, 0.5) is 43.9 Å². The van der Waals surface area contributed by atoms with Gasteiger partial charge in [0.25, 0.3) is 0 Å². The average molecular weight is 390 g/mol. The molecule has 0 N–H and O–H groups in total. The summed E-state index contributed by atoms with van der Waals surface area (Å²) in [6.07, 6.45) is -2.54. The zero-order chi connectivity index (χ0) is 19.9. The fraction of sp³-hybridized carbons (Fsp3) is 0.133. The third-order valence-electron chi connectivity index (χ3n) is 3.39. The van der Waals surface area contributed by atoms with Crippen LogP contribution < -0.4 is 0 Å². The Bertz CT molecular complexity index is 864. The van der Waals surface area contributed by atoms with Gasteiger partial charge in [0, 0.05) is 12.0 Å². The molecule has 26 heavy (non-hydrogen) atoms. The number of Topliss-reactive ketones (excluding diaryl/α,β-unsaturated/α-hetero) is 1. The van der Waals surface area contributed by atoms with Gasteiger partial charge in [-0.25, -0.2) is 43.9 Å². The smallest absolute Gasteiger partial charge is 0.200 e. The van der Waals surface area contributed by atoms with Crippen LogP contribution >= 0.6 is 0 Å². The predicted octanol–water partition coefficient (Wildman–Crippen LogP) is 4.89. The normalized spacial score (nSPS) is 11.2. The molecule has 11 heteroatoms. The summed E-state index contributed by atoms with van der Waals surface area (Å²) in [4.78, 5) is 11.7. The minimum Gasteiger partial charge on any atom is -0.294 e. The van der Waals surface area contributed by atoms with E-state index in [0.717, 1.165) is 0 Å². The van der Waals surface area contributed by atoms with Crippen molar-refractivity contribution in [2.45, 2.75) is 12.8 Å². The molecular formula is C15H4F10O. The third kappa shape index (κ3) is 3.01. The van der Waals surface area contributed by atoms with E-state index >= 15 is 0 Å². The number of hydrogen-bond acceptors (Lipinski definition) is 1. The number of halogens is 10. The number of rotatable bonds is 4. The van der Waals surface area contributed by atoms with Gasteiger partial charge in [-0.15, -0.1) is 0 Å². The molecule has 0 aliphatic carbocycles. The van der Waals surface area contributed by atoms with Gasteiger partial charge < -0.3 is 0 Å². The summed E-state index contributed by atoms with van der Waals surface area (Å²) in [5.41, 5.74) is -3.36. The van der Waals surface area contributed by atoms with Gasteiger partial charge >= 0.3 is 0 Å². The maximum Gasteiger partial charge on any atom is 0.200 e. The van der Waals surface area contributed by atoms with Crippen molar-refractivity contribution in [3.63, 3.8) is 0 Å². The first-order valence-corrected chi connectivity index (χ1v) is 6.55. The Hall–Kier alpha value is -2.59. The van der Waals surface area contributed by atoms with E-state index in [1.54, 1.807) is 0 Å². The minimum atomic E-state index is -2.53. The summed E-state index contributed by atoms with van der Waals surface area (Å²) in [5, 5.41) is 0. The molecule has 1 nitrogen and oxygen atoms in total. The zero-order valence-electron chi connectivity index (χ0n) is 12.1. The first-order valence-electron chi connectivity index (χ1n) is 6.55. The molecule has 0 aromatic heterocycles. The quantitative estimate of drug-likeness (QED) is 0.314. The van der Waals surface area contributed by atoms with Crippen LogP contribution in [0, 0.1) is 58.2 Å². The highest BCUT2D eigenvalue weighted by Gasteiger charge is 2.31. The molecule has 0 amide bonds. The van der Waals surface area contributed by atoms with Gasteiger partial charge in [0.2, 0.25) is 11.6 Å².